The summed E-state index contributed by atoms with van der Waals surface area (Å²) in [6.45, 7) is 5.36. The number of fused-ring (bicyclic) bond motifs is 1. The Morgan fingerprint density at radius 1 is 1.12 bits per heavy atom. The van der Waals surface area contributed by atoms with Crippen LogP contribution in [0, 0.1) is 0 Å². The summed E-state index contributed by atoms with van der Waals surface area (Å²) in [5, 5.41) is 4.95. The van der Waals surface area contributed by atoms with Crippen molar-refractivity contribution in [1.82, 2.24) is 15.5 Å². The highest BCUT2D eigenvalue weighted by Gasteiger charge is 2.46. The quantitative estimate of drug-likeness (QED) is 0.614. The summed E-state index contributed by atoms with van der Waals surface area (Å²) in [4.78, 5) is 62.6. The van der Waals surface area contributed by atoms with Crippen LogP contribution in [0.1, 0.15) is 67.2 Å². The minimum Gasteiger partial charge on any atom is -0.496 e. The number of ether oxygens (including phenoxy) is 3. The molecule has 2 fully saturated rings. The predicted molar refractivity (Wildman–Crippen MR) is 116 cm³/mol. The van der Waals surface area contributed by atoms with Crippen molar-refractivity contribution in [1.29, 1.82) is 0 Å². The van der Waals surface area contributed by atoms with E-state index in [2.05, 4.69) is 10.6 Å². The van der Waals surface area contributed by atoms with Gasteiger partial charge in [0.2, 0.25) is 11.8 Å². The molecule has 3 aliphatic rings. The molecule has 2 heterocycles. The van der Waals surface area contributed by atoms with Gasteiger partial charge in [-0.3, -0.25) is 29.4 Å². The Labute approximate surface area is 196 Å². The highest BCUT2D eigenvalue weighted by Crippen LogP contribution is 2.38. The fraction of sp³-hybridized carbons (Fsp3) is 0.522. The number of alkyl carbamates (subject to hydrolysis) is 1. The number of carbonyl (C=O) groups excluding carboxylic acids is 5. The van der Waals surface area contributed by atoms with E-state index in [0.29, 0.717) is 18.6 Å². The third-order valence-corrected chi connectivity index (χ3v) is 5.82. The van der Waals surface area contributed by atoms with E-state index in [4.69, 9.17) is 14.2 Å². The lowest BCUT2D eigenvalue weighted by molar-refractivity contribution is -0.136. The van der Waals surface area contributed by atoms with E-state index < -0.39 is 41.4 Å². The lowest BCUT2D eigenvalue weighted by atomic mass is 9.89. The van der Waals surface area contributed by atoms with Gasteiger partial charge in [-0.15, -0.1) is 0 Å². The predicted octanol–water partition coefficient (Wildman–Crippen LogP) is 1.53. The van der Waals surface area contributed by atoms with E-state index in [1.165, 1.54) is 19.2 Å². The summed E-state index contributed by atoms with van der Waals surface area (Å²) >= 11 is 0. The van der Waals surface area contributed by atoms with E-state index in [1.54, 1.807) is 20.8 Å². The number of hydrogen-bond donors (Lipinski definition) is 2. The Morgan fingerprint density at radius 3 is 2.44 bits per heavy atom. The van der Waals surface area contributed by atoms with Crippen molar-refractivity contribution in [3.05, 3.63) is 23.3 Å². The van der Waals surface area contributed by atoms with E-state index in [0.717, 1.165) is 4.90 Å². The van der Waals surface area contributed by atoms with E-state index in [-0.39, 0.29) is 41.9 Å². The van der Waals surface area contributed by atoms with Gasteiger partial charge in [0.05, 0.1) is 18.2 Å². The highest BCUT2D eigenvalue weighted by molar-refractivity contribution is 6.24. The number of nitrogens with zero attached hydrogens (tertiary/aromatic N) is 1. The molecular formula is C23H27N3O8. The molecule has 0 bridgehead atoms. The molecule has 4 rings (SSSR count). The molecule has 1 atom stereocenters. The van der Waals surface area contributed by atoms with Gasteiger partial charge >= 0.3 is 6.09 Å². The van der Waals surface area contributed by atoms with Gasteiger partial charge < -0.3 is 19.5 Å². The van der Waals surface area contributed by atoms with Gasteiger partial charge in [-0.1, -0.05) is 0 Å². The molecule has 1 saturated heterocycles. The van der Waals surface area contributed by atoms with E-state index in [1.807, 2.05) is 0 Å². The highest BCUT2D eigenvalue weighted by atomic mass is 16.6. The van der Waals surface area contributed by atoms with Gasteiger partial charge in [0.25, 0.3) is 11.8 Å². The number of hydrogen-bond acceptors (Lipinski definition) is 8. The van der Waals surface area contributed by atoms with Crippen molar-refractivity contribution in [2.45, 2.75) is 70.2 Å². The van der Waals surface area contributed by atoms with Crippen LogP contribution in [-0.4, -0.2) is 65.5 Å². The molecule has 0 radical (unpaired) electrons. The number of rotatable bonds is 5. The molecule has 1 saturated carbocycles. The maximum Gasteiger partial charge on any atom is 0.407 e. The maximum atomic E-state index is 13.1. The van der Waals surface area contributed by atoms with Crippen LogP contribution < -0.4 is 20.1 Å². The fourth-order valence-electron chi connectivity index (χ4n) is 4.21. The summed E-state index contributed by atoms with van der Waals surface area (Å²) in [5.74, 6) is -1.92. The Balaban J connectivity index is 1.44. The molecule has 11 heteroatoms. The molecule has 34 heavy (non-hydrogen) atoms. The molecule has 0 spiro atoms. The van der Waals surface area contributed by atoms with Crippen molar-refractivity contribution in [2.24, 2.45) is 0 Å². The van der Waals surface area contributed by atoms with Gasteiger partial charge in [-0.05, 0) is 33.3 Å². The summed E-state index contributed by atoms with van der Waals surface area (Å²) in [7, 11) is 1.37. The molecule has 5 amide bonds. The van der Waals surface area contributed by atoms with Crippen molar-refractivity contribution in [2.75, 3.05) is 7.11 Å². The van der Waals surface area contributed by atoms with Crippen LogP contribution >= 0.6 is 0 Å². The van der Waals surface area contributed by atoms with Gasteiger partial charge in [-0.25, -0.2) is 4.79 Å². The van der Waals surface area contributed by atoms with E-state index in [9.17, 15) is 24.0 Å². The van der Waals surface area contributed by atoms with Crippen LogP contribution in [0.4, 0.5) is 4.79 Å². The second-order valence-electron chi connectivity index (χ2n) is 9.55. The second-order valence-corrected chi connectivity index (χ2v) is 9.55. The first-order valence-corrected chi connectivity index (χ1v) is 11.1. The smallest absolute Gasteiger partial charge is 0.407 e. The average Bonchev–Trinajstić information content (AvgIpc) is 2.95. The number of nitrogens with one attached hydrogen (secondary N) is 2. The monoisotopic (exact) mass is 473 g/mol. The SMILES string of the molecule is COc1cc(OC2CC(NC(=O)OC(C)(C)C)C2)cc2c1C(=O)N(C1CCC(=O)NC1=O)C2=O. The molecule has 1 aromatic rings. The third kappa shape index (κ3) is 4.55. The Bertz CT molecular complexity index is 1070. The van der Waals surface area contributed by atoms with Gasteiger partial charge in [0, 0.05) is 31.4 Å². The Kier molecular flexibility index (Phi) is 5.96. The third-order valence-electron chi connectivity index (χ3n) is 5.82. The summed E-state index contributed by atoms with van der Waals surface area (Å²) < 4.78 is 16.5. The molecule has 11 nitrogen and oxygen atoms in total. The van der Waals surface area contributed by atoms with Gasteiger partial charge in [-0.2, -0.15) is 0 Å². The zero-order valence-electron chi connectivity index (χ0n) is 19.4. The topological polar surface area (TPSA) is 140 Å². The number of benzene rings is 1. The molecule has 2 aliphatic heterocycles. The molecule has 2 N–H and O–H groups in total. The minimum absolute atomic E-state index is 0.0372. The van der Waals surface area contributed by atoms with Crippen molar-refractivity contribution in [3.63, 3.8) is 0 Å². The molecule has 182 valence electrons. The second kappa shape index (κ2) is 8.62. The van der Waals surface area contributed by atoms with Crippen molar-refractivity contribution >= 4 is 29.7 Å². The lowest BCUT2D eigenvalue weighted by Gasteiger charge is -2.36. The molecule has 1 aromatic carbocycles. The molecule has 1 aliphatic carbocycles. The summed E-state index contributed by atoms with van der Waals surface area (Å²) in [5.41, 5.74) is -0.453. The maximum absolute atomic E-state index is 13.1. The summed E-state index contributed by atoms with van der Waals surface area (Å²) in [6, 6.07) is 1.82. The fourth-order valence-corrected chi connectivity index (χ4v) is 4.21. The van der Waals surface area contributed by atoms with Crippen LogP contribution in [0.25, 0.3) is 0 Å². The zero-order valence-corrected chi connectivity index (χ0v) is 19.4. The van der Waals surface area contributed by atoms with Crippen molar-refractivity contribution < 1.29 is 38.2 Å². The molecule has 0 aromatic heterocycles. The summed E-state index contributed by atoms with van der Waals surface area (Å²) in [6.07, 6.45) is 0.502. The minimum atomic E-state index is -1.06. The van der Waals surface area contributed by atoms with Crippen LogP contribution in [-0.2, 0) is 14.3 Å². The lowest BCUT2D eigenvalue weighted by Crippen LogP contribution is -2.54. The van der Waals surface area contributed by atoms with Crippen LogP contribution in [0.5, 0.6) is 11.5 Å². The van der Waals surface area contributed by atoms with Crippen molar-refractivity contribution in [3.8, 4) is 11.5 Å². The van der Waals surface area contributed by atoms with Gasteiger partial charge in [0.1, 0.15) is 29.2 Å². The largest absolute Gasteiger partial charge is 0.496 e. The Hall–Kier alpha value is -3.63. The number of carbonyl (C=O) groups is 5. The van der Waals surface area contributed by atoms with Gasteiger partial charge in [0.15, 0.2) is 0 Å². The first-order chi connectivity index (χ1) is 16.0. The Morgan fingerprint density at radius 2 is 1.82 bits per heavy atom. The zero-order chi connectivity index (χ0) is 24.8. The average molecular weight is 473 g/mol. The number of methoxy groups -OCH3 is 1. The van der Waals surface area contributed by atoms with Crippen LogP contribution in [0.15, 0.2) is 12.1 Å². The number of piperidine rings is 1. The van der Waals surface area contributed by atoms with Crippen LogP contribution in [0.3, 0.4) is 0 Å². The number of imide groups is 2. The van der Waals surface area contributed by atoms with Crippen LogP contribution in [0.2, 0.25) is 0 Å². The van der Waals surface area contributed by atoms with E-state index >= 15 is 0 Å². The molecular weight excluding hydrogens is 446 g/mol. The normalized spacial score (nSPS) is 24.2. The standard InChI is InChI=1S/C23H27N3O8/c1-23(2,3)34-22(31)24-11-7-12(8-11)33-13-9-14-18(16(10-13)32-4)21(30)26(20(14)29)15-5-6-17(27)25-19(15)28/h9-12,15H,5-8H2,1-4H3,(H,24,31)(H,25,27,28). The first-order valence-electron chi connectivity index (χ1n) is 11.1. The first kappa shape index (κ1) is 23.5. The molecule has 1 unspecified atom stereocenters. The number of amides is 5.